The number of pyridine rings is 1. The second-order valence-corrected chi connectivity index (χ2v) is 7.59. The summed E-state index contributed by atoms with van der Waals surface area (Å²) in [7, 11) is 0. The molecule has 33 heavy (non-hydrogen) atoms. The van der Waals surface area contributed by atoms with Gasteiger partial charge in [-0.25, -0.2) is 31.9 Å². The molecule has 1 N–H and O–H groups in total. The summed E-state index contributed by atoms with van der Waals surface area (Å²) in [5.74, 6) is -7.60. The number of aromatic nitrogens is 3. The molecule has 0 radical (unpaired) electrons. The molecular weight excluding hydrogens is 471 g/mol. The molecule has 1 aliphatic heterocycles. The van der Waals surface area contributed by atoms with Crippen molar-refractivity contribution < 1.29 is 31.5 Å². The Bertz CT molecular complexity index is 1200. The summed E-state index contributed by atoms with van der Waals surface area (Å²) in [6.07, 6.45) is 1.89. The molecule has 1 amide bonds. The van der Waals surface area contributed by atoms with E-state index in [9.17, 15) is 26.7 Å². The van der Waals surface area contributed by atoms with Crippen LogP contribution in [0.5, 0.6) is 0 Å². The number of hydrogen-bond acceptors (Lipinski definition) is 5. The van der Waals surface area contributed by atoms with Crippen molar-refractivity contribution in [1.29, 1.82) is 0 Å². The summed E-state index contributed by atoms with van der Waals surface area (Å²) >= 11 is 5.63. The summed E-state index contributed by atoms with van der Waals surface area (Å²) in [6.45, 7) is -0.873. The molecule has 6 nitrogen and oxygen atoms in total. The Labute approximate surface area is 188 Å². The maximum atomic E-state index is 14.6. The molecular formula is C21H14ClF5N4O2. The molecule has 172 valence electrons. The Balaban J connectivity index is 1.80. The Morgan fingerprint density at radius 2 is 1.76 bits per heavy atom. The van der Waals surface area contributed by atoms with Gasteiger partial charge in [0.05, 0.1) is 16.9 Å². The van der Waals surface area contributed by atoms with Crippen molar-refractivity contribution >= 4 is 23.2 Å². The minimum Gasteiger partial charge on any atom is -0.366 e. The number of rotatable bonds is 4. The maximum absolute atomic E-state index is 14.6. The van der Waals surface area contributed by atoms with Gasteiger partial charge in [-0.3, -0.25) is 9.78 Å². The molecule has 1 aromatic carbocycles. The molecule has 0 saturated carbocycles. The Hall–Kier alpha value is -3.18. The number of anilines is 1. The number of ether oxygens (including phenoxy) is 1. The summed E-state index contributed by atoms with van der Waals surface area (Å²) in [5.41, 5.74) is -0.545. The van der Waals surface area contributed by atoms with Gasteiger partial charge in [0.1, 0.15) is 18.5 Å². The van der Waals surface area contributed by atoms with Gasteiger partial charge in [0, 0.05) is 42.2 Å². The van der Waals surface area contributed by atoms with E-state index in [0.29, 0.717) is 12.1 Å². The first-order chi connectivity index (χ1) is 15.6. The molecule has 0 spiro atoms. The molecule has 1 aliphatic rings. The van der Waals surface area contributed by atoms with E-state index < -0.39 is 48.4 Å². The molecule has 1 saturated heterocycles. The van der Waals surface area contributed by atoms with E-state index in [0.717, 1.165) is 12.4 Å². The van der Waals surface area contributed by atoms with Crippen LogP contribution in [0.25, 0.3) is 11.1 Å². The van der Waals surface area contributed by atoms with E-state index in [-0.39, 0.29) is 39.8 Å². The van der Waals surface area contributed by atoms with Crippen LogP contribution < -0.4 is 5.32 Å². The van der Waals surface area contributed by atoms with Crippen LogP contribution in [0.3, 0.4) is 0 Å². The molecule has 0 bridgehead atoms. The normalized spacial score (nSPS) is 17.6. The number of nitrogens with one attached hydrogen (secondary N) is 1. The van der Waals surface area contributed by atoms with Crippen LogP contribution >= 0.6 is 11.6 Å². The lowest BCUT2D eigenvalue weighted by Crippen LogP contribution is -2.31. The fourth-order valence-electron chi connectivity index (χ4n) is 3.36. The smallest absolute Gasteiger partial charge is 0.271 e. The van der Waals surface area contributed by atoms with E-state index in [1.807, 2.05) is 0 Å². The Morgan fingerprint density at radius 1 is 1.06 bits per heavy atom. The predicted molar refractivity (Wildman–Crippen MR) is 107 cm³/mol. The van der Waals surface area contributed by atoms with Gasteiger partial charge in [0.15, 0.2) is 11.6 Å². The summed E-state index contributed by atoms with van der Waals surface area (Å²) in [6, 6.07) is 2.26. The van der Waals surface area contributed by atoms with Crippen molar-refractivity contribution in [3.63, 3.8) is 0 Å². The van der Waals surface area contributed by atoms with E-state index >= 15 is 0 Å². The Morgan fingerprint density at radius 3 is 2.42 bits per heavy atom. The topological polar surface area (TPSA) is 77.0 Å². The van der Waals surface area contributed by atoms with E-state index in [4.69, 9.17) is 16.3 Å². The molecule has 1 fully saturated rings. The number of amides is 1. The van der Waals surface area contributed by atoms with Gasteiger partial charge in [0.25, 0.3) is 11.8 Å². The van der Waals surface area contributed by atoms with Crippen LogP contribution in [0, 0.1) is 17.5 Å². The fourth-order valence-corrected chi connectivity index (χ4v) is 3.46. The number of carbonyl (C=O) groups is 1. The van der Waals surface area contributed by atoms with Crippen molar-refractivity contribution in [3.05, 3.63) is 70.8 Å². The standard InChI is InChI=1S/C21H14ClF5N4O2/c22-20-29-7-10(8-30-20)19(32)31-17-11(12-5-14(24)15(25)6-13(12)23)2-4-28-18(17)16-1-3-21(26,27)9-33-16/h2,4-8,16H,1,3,9H2,(H,31,32)/t16-/m1/s1. The van der Waals surface area contributed by atoms with E-state index in [2.05, 4.69) is 20.3 Å². The monoisotopic (exact) mass is 484 g/mol. The van der Waals surface area contributed by atoms with Crippen LogP contribution in [0.1, 0.15) is 35.0 Å². The molecule has 0 aliphatic carbocycles. The molecule has 4 rings (SSSR count). The molecule has 1 atom stereocenters. The van der Waals surface area contributed by atoms with E-state index in [1.165, 1.54) is 12.3 Å². The van der Waals surface area contributed by atoms with Gasteiger partial charge in [0.2, 0.25) is 5.28 Å². The van der Waals surface area contributed by atoms with Crippen molar-refractivity contribution in [2.75, 3.05) is 11.9 Å². The SMILES string of the molecule is O=C(Nc1c(-c2cc(F)c(F)cc2F)ccnc1[C@H]1CCC(F)(F)CO1)c1cnc(Cl)nc1. The predicted octanol–water partition coefficient (Wildman–Crippen LogP) is 5.35. The molecule has 3 aromatic rings. The van der Waals surface area contributed by atoms with Gasteiger partial charge >= 0.3 is 0 Å². The first-order valence-corrected chi connectivity index (χ1v) is 9.94. The minimum absolute atomic E-state index is 0.0235. The highest BCUT2D eigenvalue weighted by molar-refractivity contribution is 6.28. The maximum Gasteiger partial charge on any atom is 0.271 e. The largest absolute Gasteiger partial charge is 0.366 e. The highest BCUT2D eigenvalue weighted by Crippen LogP contribution is 2.41. The van der Waals surface area contributed by atoms with Crippen LogP contribution in [-0.2, 0) is 4.74 Å². The van der Waals surface area contributed by atoms with Crippen molar-refractivity contribution in [3.8, 4) is 11.1 Å². The zero-order chi connectivity index (χ0) is 23.8. The number of nitrogens with zero attached hydrogens (tertiary/aromatic N) is 3. The second-order valence-electron chi connectivity index (χ2n) is 7.25. The number of alkyl halides is 2. The first kappa shape index (κ1) is 23.0. The summed E-state index contributed by atoms with van der Waals surface area (Å²) in [4.78, 5) is 24.4. The highest BCUT2D eigenvalue weighted by atomic mass is 35.5. The number of hydrogen-bond donors (Lipinski definition) is 1. The van der Waals surface area contributed by atoms with Crippen LogP contribution in [0.2, 0.25) is 5.28 Å². The fraction of sp³-hybridized carbons (Fsp3) is 0.238. The highest BCUT2D eigenvalue weighted by Gasteiger charge is 2.38. The molecule has 12 heteroatoms. The lowest BCUT2D eigenvalue weighted by Gasteiger charge is -2.30. The third-order valence-electron chi connectivity index (χ3n) is 4.97. The van der Waals surface area contributed by atoms with Crippen molar-refractivity contribution in [1.82, 2.24) is 15.0 Å². The van der Waals surface area contributed by atoms with Gasteiger partial charge in [-0.05, 0) is 30.2 Å². The summed E-state index contributed by atoms with van der Waals surface area (Å²) < 4.78 is 74.3. The van der Waals surface area contributed by atoms with Crippen LogP contribution in [-0.4, -0.2) is 33.4 Å². The van der Waals surface area contributed by atoms with Crippen molar-refractivity contribution in [2.45, 2.75) is 24.9 Å². The van der Waals surface area contributed by atoms with Crippen LogP contribution in [0.4, 0.5) is 27.6 Å². The second kappa shape index (κ2) is 8.99. The molecule has 0 unspecified atom stereocenters. The first-order valence-electron chi connectivity index (χ1n) is 9.57. The van der Waals surface area contributed by atoms with Gasteiger partial charge in [-0.2, -0.15) is 0 Å². The lowest BCUT2D eigenvalue weighted by molar-refractivity contribution is -0.146. The number of benzene rings is 1. The third-order valence-corrected chi connectivity index (χ3v) is 5.17. The van der Waals surface area contributed by atoms with E-state index in [1.54, 1.807) is 0 Å². The minimum atomic E-state index is -3.02. The zero-order valence-electron chi connectivity index (χ0n) is 16.6. The van der Waals surface area contributed by atoms with Crippen molar-refractivity contribution in [2.24, 2.45) is 0 Å². The lowest BCUT2D eigenvalue weighted by atomic mass is 9.97. The van der Waals surface area contributed by atoms with Gasteiger partial charge < -0.3 is 10.1 Å². The average Bonchev–Trinajstić information content (AvgIpc) is 2.77. The van der Waals surface area contributed by atoms with Gasteiger partial charge in [-0.15, -0.1) is 0 Å². The quantitative estimate of drug-likeness (QED) is 0.307. The molecule has 2 aromatic heterocycles. The number of halogens is 6. The Kier molecular flexibility index (Phi) is 6.26. The molecule has 3 heterocycles. The van der Waals surface area contributed by atoms with Crippen LogP contribution in [0.15, 0.2) is 36.8 Å². The average molecular weight is 485 g/mol. The third kappa shape index (κ3) is 4.93. The number of carbonyl (C=O) groups excluding carboxylic acids is 1. The zero-order valence-corrected chi connectivity index (χ0v) is 17.3. The summed E-state index contributed by atoms with van der Waals surface area (Å²) in [5, 5.41) is 2.42. The van der Waals surface area contributed by atoms with Gasteiger partial charge in [-0.1, -0.05) is 0 Å².